The van der Waals surface area contributed by atoms with Gasteiger partial charge in [-0.2, -0.15) is 13.2 Å². The second kappa shape index (κ2) is 5.05. The summed E-state index contributed by atoms with van der Waals surface area (Å²) in [6.45, 7) is 0. The van der Waals surface area contributed by atoms with Gasteiger partial charge in [0.1, 0.15) is 11.3 Å². The predicted octanol–water partition coefficient (Wildman–Crippen LogP) is 3.48. The van der Waals surface area contributed by atoms with Crippen LogP contribution in [0.3, 0.4) is 0 Å². The highest BCUT2D eigenvalue weighted by Crippen LogP contribution is 2.38. The number of hydrogen-bond donors (Lipinski definition) is 0. The summed E-state index contributed by atoms with van der Waals surface area (Å²) < 4.78 is 66.7. The number of aromatic nitrogens is 1. The molecule has 100 valence electrons. The quantitative estimate of drug-likeness (QED) is 0.618. The largest absolute Gasteiger partial charge is 0.464 e. The molecule has 0 unspecified atom stereocenters. The second-order valence-corrected chi connectivity index (χ2v) is 3.45. The summed E-state index contributed by atoms with van der Waals surface area (Å²) in [7, 11) is 0.799. The van der Waals surface area contributed by atoms with E-state index in [1.807, 2.05) is 0 Å². The molecule has 0 amide bonds. The number of methoxy groups -OCH3 is 1. The first kappa shape index (κ1) is 14.6. The van der Waals surface area contributed by atoms with E-state index in [0.717, 1.165) is 7.11 Å². The van der Waals surface area contributed by atoms with Gasteiger partial charge in [-0.15, -0.1) is 0 Å². The van der Waals surface area contributed by atoms with Gasteiger partial charge in [0.2, 0.25) is 0 Å². The number of pyridine rings is 1. The van der Waals surface area contributed by atoms with Crippen LogP contribution in [-0.2, 0) is 10.9 Å². The van der Waals surface area contributed by atoms with Gasteiger partial charge in [0.15, 0.2) is 5.69 Å². The minimum Gasteiger partial charge on any atom is -0.464 e. The summed E-state index contributed by atoms with van der Waals surface area (Å²) >= 11 is 5.26. The highest BCUT2D eigenvalue weighted by Gasteiger charge is 2.40. The Hall–Kier alpha value is -1.44. The van der Waals surface area contributed by atoms with Gasteiger partial charge >= 0.3 is 12.1 Å². The van der Waals surface area contributed by atoms with Crippen LogP contribution in [0, 0.1) is 0 Å². The van der Waals surface area contributed by atoms with E-state index in [4.69, 9.17) is 11.6 Å². The minimum atomic E-state index is -5.01. The molecule has 0 atom stereocenters. The molecule has 0 aliphatic heterocycles. The standard InChI is InChI=1S/C9H5ClF5NO2/c1-18-8(17)6-5(9(13,14)15)3(10)2-4(16-6)7(11)12/h2,7H,1H3. The van der Waals surface area contributed by atoms with Crippen molar-refractivity contribution in [3.05, 3.63) is 28.0 Å². The summed E-state index contributed by atoms with van der Waals surface area (Å²) in [5.74, 6) is -1.49. The van der Waals surface area contributed by atoms with E-state index in [0.29, 0.717) is 6.07 Å². The molecule has 0 N–H and O–H groups in total. The maximum absolute atomic E-state index is 12.6. The first-order valence-electron chi connectivity index (χ1n) is 4.32. The van der Waals surface area contributed by atoms with Crippen molar-refractivity contribution in [2.24, 2.45) is 0 Å². The van der Waals surface area contributed by atoms with Crippen molar-refractivity contribution < 1.29 is 31.5 Å². The fourth-order valence-electron chi connectivity index (χ4n) is 1.16. The van der Waals surface area contributed by atoms with Gasteiger partial charge in [-0.25, -0.2) is 18.6 Å². The first-order chi connectivity index (χ1) is 8.18. The highest BCUT2D eigenvalue weighted by atomic mass is 35.5. The van der Waals surface area contributed by atoms with Gasteiger partial charge < -0.3 is 4.74 Å². The average Bonchev–Trinajstić information content (AvgIpc) is 2.24. The molecular formula is C9H5ClF5NO2. The summed E-state index contributed by atoms with van der Waals surface area (Å²) in [6, 6.07) is 0.363. The Morgan fingerprint density at radius 2 is 2.00 bits per heavy atom. The third-order valence-corrected chi connectivity index (χ3v) is 2.18. The molecule has 0 aliphatic rings. The maximum atomic E-state index is 12.6. The lowest BCUT2D eigenvalue weighted by molar-refractivity contribution is -0.138. The van der Waals surface area contributed by atoms with Crippen LogP contribution in [-0.4, -0.2) is 18.1 Å². The molecule has 0 saturated carbocycles. The molecule has 9 heteroatoms. The summed E-state index contributed by atoms with van der Waals surface area (Å²) in [6.07, 6.45) is -8.16. The lowest BCUT2D eigenvalue weighted by Crippen LogP contribution is -2.18. The molecule has 0 radical (unpaired) electrons. The Morgan fingerprint density at radius 1 is 1.44 bits per heavy atom. The number of carbonyl (C=O) groups is 1. The van der Waals surface area contributed by atoms with E-state index in [-0.39, 0.29) is 0 Å². The van der Waals surface area contributed by atoms with E-state index in [1.54, 1.807) is 0 Å². The molecule has 0 aliphatic carbocycles. The lowest BCUT2D eigenvalue weighted by Gasteiger charge is -2.13. The second-order valence-electron chi connectivity index (χ2n) is 3.04. The molecule has 18 heavy (non-hydrogen) atoms. The van der Waals surface area contributed by atoms with Crippen LogP contribution in [0.4, 0.5) is 22.0 Å². The maximum Gasteiger partial charge on any atom is 0.420 e. The number of nitrogens with zero attached hydrogens (tertiary/aromatic N) is 1. The summed E-state index contributed by atoms with van der Waals surface area (Å²) in [4.78, 5) is 14.1. The topological polar surface area (TPSA) is 39.2 Å². The first-order valence-corrected chi connectivity index (χ1v) is 4.70. The number of hydrogen-bond acceptors (Lipinski definition) is 3. The van der Waals surface area contributed by atoms with Crippen LogP contribution in [0.25, 0.3) is 0 Å². The molecular weight excluding hydrogens is 285 g/mol. The number of halogens is 6. The Morgan fingerprint density at radius 3 is 2.39 bits per heavy atom. The smallest absolute Gasteiger partial charge is 0.420 e. The Bertz CT molecular complexity index is 475. The highest BCUT2D eigenvalue weighted by molar-refractivity contribution is 6.31. The van der Waals surface area contributed by atoms with Crippen LogP contribution in [0.15, 0.2) is 6.07 Å². The van der Waals surface area contributed by atoms with Gasteiger partial charge in [-0.3, -0.25) is 0 Å². The van der Waals surface area contributed by atoms with Gasteiger partial charge in [0, 0.05) is 0 Å². The fraction of sp³-hybridized carbons (Fsp3) is 0.333. The van der Waals surface area contributed by atoms with E-state index in [9.17, 15) is 26.7 Å². The number of alkyl halides is 5. The molecule has 0 spiro atoms. The Balaban J connectivity index is 3.55. The summed E-state index contributed by atoms with van der Waals surface area (Å²) in [5, 5.41) is -1.03. The van der Waals surface area contributed by atoms with Crippen LogP contribution < -0.4 is 0 Å². The average molecular weight is 290 g/mol. The molecule has 1 aromatic rings. The van der Waals surface area contributed by atoms with E-state index >= 15 is 0 Å². The predicted molar refractivity (Wildman–Crippen MR) is 50.5 cm³/mol. The molecule has 3 nitrogen and oxygen atoms in total. The van der Waals surface area contributed by atoms with E-state index in [1.165, 1.54) is 0 Å². The van der Waals surface area contributed by atoms with Crippen LogP contribution in [0.1, 0.15) is 28.2 Å². The third-order valence-electron chi connectivity index (χ3n) is 1.88. The van der Waals surface area contributed by atoms with Gasteiger partial charge in [-0.1, -0.05) is 11.6 Å². The third kappa shape index (κ3) is 2.87. The van der Waals surface area contributed by atoms with Crippen LogP contribution >= 0.6 is 11.6 Å². The normalized spacial score (nSPS) is 11.8. The molecule has 0 aromatic carbocycles. The van der Waals surface area contributed by atoms with Crippen molar-refractivity contribution in [1.29, 1.82) is 0 Å². The zero-order valence-electron chi connectivity index (χ0n) is 8.69. The SMILES string of the molecule is COC(=O)c1nc(C(F)F)cc(Cl)c1C(F)(F)F. The van der Waals surface area contributed by atoms with Crippen LogP contribution in [0.2, 0.25) is 5.02 Å². The lowest BCUT2D eigenvalue weighted by atomic mass is 10.1. The molecule has 0 bridgehead atoms. The number of esters is 1. The molecule has 1 rings (SSSR count). The van der Waals surface area contributed by atoms with Crippen molar-refractivity contribution in [1.82, 2.24) is 4.98 Å². The van der Waals surface area contributed by atoms with Crippen molar-refractivity contribution >= 4 is 17.6 Å². The number of carbonyl (C=O) groups excluding carboxylic acids is 1. The Labute approximate surface area is 103 Å². The molecule has 1 aromatic heterocycles. The summed E-state index contributed by atoms with van der Waals surface area (Å²) in [5.41, 5.74) is -3.92. The van der Waals surface area contributed by atoms with E-state index < -0.39 is 40.5 Å². The van der Waals surface area contributed by atoms with Crippen molar-refractivity contribution in [2.75, 3.05) is 7.11 Å². The zero-order chi connectivity index (χ0) is 14.1. The molecule has 0 saturated heterocycles. The van der Waals surface area contributed by atoms with Gasteiger partial charge in [0.25, 0.3) is 6.43 Å². The minimum absolute atomic E-state index is 0.363. The van der Waals surface area contributed by atoms with Crippen molar-refractivity contribution in [2.45, 2.75) is 12.6 Å². The fourth-order valence-corrected chi connectivity index (χ4v) is 1.47. The number of ether oxygens (including phenoxy) is 1. The van der Waals surface area contributed by atoms with Gasteiger partial charge in [0.05, 0.1) is 12.1 Å². The van der Waals surface area contributed by atoms with Gasteiger partial charge in [-0.05, 0) is 6.07 Å². The van der Waals surface area contributed by atoms with Crippen molar-refractivity contribution in [3.8, 4) is 0 Å². The molecule has 1 heterocycles. The number of rotatable bonds is 2. The van der Waals surface area contributed by atoms with Crippen molar-refractivity contribution in [3.63, 3.8) is 0 Å². The van der Waals surface area contributed by atoms with Crippen LogP contribution in [0.5, 0.6) is 0 Å². The Kier molecular flexibility index (Phi) is 4.10. The van der Waals surface area contributed by atoms with E-state index in [2.05, 4.69) is 9.72 Å². The molecule has 0 fully saturated rings. The monoisotopic (exact) mass is 289 g/mol. The zero-order valence-corrected chi connectivity index (χ0v) is 9.44.